The molecule has 0 amide bonds. The Balaban J connectivity index is -0.0000000888. The summed E-state index contributed by atoms with van der Waals surface area (Å²) in [6, 6.07) is 0. The Morgan fingerprint density at radius 1 is 0.895 bits per heavy atom. The second kappa shape index (κ2) is 31.0. The first-order valence-electron chi connectivity index (χ1n) is 7.15. The number of unbranched alkanes of at least 4 members (excludes halogenated alkanes) is 1. The van der Waals surface area contributed by atoms with E-state index in [0.29, 0.717) is 6.61 Å². The SMILES string of the molecule is CC(C)CCCO.CCCCC(C)C.[B][B].[B][B][B]. The molecule has 1 N–H and O–H groups in total. The molecule has 0 aliphatic carbocycles. The fourth-order valence-corrected chi connectivity index (χ4v) is 1.11. The molecule has 0 heterocycles. The van der Waals surface area contributed by atoms with Gasteiger partial charge in [-0.1, -0.05) is 53.9 Å². The van der Waals surface area contributed by atoms with Crippen molar-refractivity contribution in [2.75, 3.05) is 6.61 Å². The quantitative estimate of drug-likeness (QED) is 0.723. The van der Waals surface area contributed by atoms with E-state index >= 15 is 0 Å². The first kappa shape index (κ1) is 27.6. The van der Waals surface area contributed by atoms with Gasteiger partial charge in [0.1, 0.15) is 0 Å². The molecule has 0 bridgehead atoms. The van der Waals surface area contributed by atoms with Crippen molar-refractivity contribution in [3.8, 4) is 0 Å². The maximum absolute atomic E-state index is 8.32. The average molecular weight is 256 g/mol. The van der Waals surface area contributed by atoms with Gasteiger partial charge < -0.3 is 5.11 Å². The number of rotatable bonds is 6. The molecular formula is C13H30B5O. The Morgan fingerprint density at radius 3 is 1.32 bits per heavy atom. The topological polar surface area (TPSA) is 20.2 Å². The van der Waals surface area contributed by atoms with Gasteiger partial charge in [-0.2, -0.15) is 0 Å². The van der Waals surface area contributed by atoms with E-state index in [1.165, 1.54) is 19.3 Å². The highest BCUT2D eigenvalue weighted by atomic mass is 16.2. The first-order valence-corrected chi connectivity index (χ1v) is 7.15. The highest BCUT2D eigenvalue weighted by Gasteiger charge is 1.89. The molecule has 0 aromatic heterocycles. The fraction of sp³-hybridized carbons (Fsp3) is 1.00. The summed E-state index contributed by atoms with van der Waals surface area (Å²) in [7, 11) is 18.0. The summed E-state index contributed by atoms with van der Waals surface area (Å²) < 4.78 is 0. The van der Waals surface area contributed by atoms with Crippen LogP contribution >= 0.6 is 0 Å². The van der Waals surface area contributed by atoms with Crippen LogP contribution in [-0.2, 0) is 0 Å². The highest BCUT2D eigenvalue weighted by Crippen LogP contribution is 2.04. The minimum absolute atomic E-state index is 0.345. The molecule has 0 spiro atoms. The largest absolute Gasteiger partial charge is 0.396 e. The summed E-state index contributed by atoms with van der Waals surface area (Å²) >= 11 is 0. The van der Waals surface area contributed by atoms with Gasteiger partial charge >= 0.3 is 0 Å². The van der Waals surface area contributed by atoms with Crippen LogP contribution in [0.15, 0.2) is 0 Å². The predicted molar refractivity (Wildman–Crippen MR) is 94.3 cm³/mol. The standard InChI is InChI=1S/C7H16.C6H14O.B3.B2/c1-4-5-6-7(2)3;1-6(2)4-3-5-7;1-3-2;1-2/h7H,4-6H2,1-3H3;6-7H,3-5H2,1-2H3;;. The second-order valence-corrected chi connectivity index (χ2v) is 4.99. The van der Waals surface area contributed by atoms with Gasteiger partial charge in [-0.15, -0.1) is 0 Å². The summed E-state index contributed by atoms with van der Waals surface area (Å²) in [4.78, 5) is 0. The fourth-order valence-electron chi connectivity index (χ4n) is 1.11. The van der Waals surface area contributed by atoms with Crippen molar-refractivity contribution in [1.82, 2.24) is 0 Å². The lowest BCUT2D eigenvalue weighted by Crippen LogP contribution is -1.89. The van der Waals surface area contributed by atoms with Crippen LogP contribution in [0.5, 0.6) is 0 Å². The zero-order chi connectivity index (χ0) is 16.1. The third-order valence-electron chi connectivity index (χ3n) is 2.07. The molecular weight excluding hydrogens is 226 g/mol. The monoisotopic (exact) mass is 257 g/mol. The summed E-state index contributed by atoms with van der Waals surface area (Å²) in [5.41, 5.74) is 0. The summed E-state index contributed by atoms with van der Waals surface area (Å²) in [5, 5.41) is 8.32. The minimum atomic E-state index is 0.345. The van der Waals surface area contributed by atoms with E-state index in [1.807, 2.05) is 0 Å². The van der Waals surface area contributed by atoms with E-state index in [0.717, 1.165) is 31.7 Å². The van der Waals surface area contributed by atoms with Crippen LogP contribution in [0.4, 0.5) is 0 Å². The Hall–Kier alpha value is 0.285. The molecule has 0 aromatic rings. The van der Waals surface area contributed by atoms with Crippen molar-refractivity contribution < 1.29 is 5.11 Å². The van der Waals surface area contributed by atoms with Crippen LogP contribution in [0, 0.1) is 11.8 Å². The molecule has 6 heteroatoms. The molecule has 9 radical (unpaired) electrons. The van der Waals surface area contributed by atoms with Crippen molar-refractivity contribution in [2.45, 2.75) is 66.7 Å². The lowest BCUT2D eigenvalue weighted by atomic mass is 9.40. The molecule has 103 valence electrons. The zero-order valence-electron chi connectivity index (χ0n) is 13.7. The zero-order valence-corrected chi connectivity index (χ0v) is 13.7. The van der Waals surface area contributed by atoms with E-state index in [9.17, 15) is 0 Å². The third kappa shape index (κ3) is 70.6. The summed E-state index contributed by atoms with van der Waals surface area (Å²) in [6.45, 7) is 11.5. The van der Waals surface area contributed by atoms with Gasteiger partial charge in [0, 0.05) is 44.6 Å². The van der Waals surface area contributed by atoms with Crippen LogP contribution in [0.1, 0.15) is 66.7 Å². The van der Waals surface area contributed by atoms with E-state index < -0.39 is 0 Å². The van der Waals surface area contributed by atoms with Crippen molar-refractivity contribution in [1.29, 1.82) is 0 Å². The molecule has 1 nitrogen and oxygen atoms in total. The van der Waals surface area contributed by atoms with Crippen LogP contribution in [0.2, 0.25) is 0 Å². The number of hydrogen-bond donors (Lipinski definition) is 1. The van der Waals surface area contributed by atoms with E-state index in [1.54, 1.807) is 0 Å². The third-order valence-corrected chi connectivity index (χ3v) is 2.07. The second-order valence-electron chi connectivity index (χ2n) is 4.99. The predicted octanol–water partition coefficient (Wildman–Crippen LogP) is 2.34. The van der Waals surface area contributed by atoms with Gasteiger partial charge in [0.05, 0.1) is 0 Å². The smallest absolute Gasteiger partial charge is 0.0431 e. The lowest BCUT2D eigenvalue weighted by molar-refractivity contribution is 0.276. The van der Waals surface area contributed by atoms with Crippen LogP contribution in [0.25, 0.3) is 0 Å². The first-order chi connectivity index (χ1) is 8.95. The highest BCUT2D eigenvalue weighted by molar-refractivity contribution is 7.17. The van der Waals surface area contributed by atoms with Gasteiger partial charge in [-0.3, -0.25) is 0 Å². The summed E-state index contributed by atoms with van der Waals surface area (Å²) in [5.74, 6) is 1.65. The Morgan fingerprint density at radius 2 is 1.21 bits per heavy atom. The average Bonchev–Trinajstić information content (AvgIpc) is 2.38. The van der Waals surface area contributed by atoms with Gasteiger partial charge in [-0.25, -0.2) is 0 Å². The molecule has 0 atom stereocenters. The Kier molecular flexibility index (Phi) is 45.0. The van der Waals surface area contributed by atoms with Gasteiger partial charge in [0.25, 0.3) is 0 Å². The number of hydrogen-bond acceptors (Lipinski definition) is 1. The minimum Gasteiger partial charge on any atom is -0.396 e. The van der Waals surface area contributed by atoms with Crippen molar-refractivity contribution in [3.05, 3.63) is 0 Å². The summed E-state index contributed by atoms with van der Waals surface area (Å²) in [6.07, 6.45) is 6.25. The maximum Gasteiger partial charge on any atom is 0.0431 e. The molecule has 19 heavy (non-hydrogen) atoms. The molecule has 0 rings (SSSR count). The van der Waals surface area contributed by atoms with Gasteiger partial charge in [-0.05, 0) is 24.7 Å². The molecule has 0 aliphatic heterocycles. The van der Waals surface area contributed by atoms with Crippen molar-refractivity contribution >= 4 is 38.0 Å². The van der Waals surface area contributed by atoms with Crippen LogP contribution in [-0.4, -0.2) is 49.7 Å². The molecule has 0 saturated carbocycles. The van der Waals surface area contributed by atoms with Crippen molar-refractivity contribution in [2.24, 2.45) is 11.8 Å². The number of aliphatic hydroxyl groups is 1. The molecule has 0 saturated heterocycles. The van der Waals surface area contributed by atoms with Crippen molar-refractivity contribution in [3.63, 3.8) is 0 Å². The molecule has 0 fully saturated rings. The van der Waals surface area contributed by atoms with E-state index in [2.05, 4.69) is 65.6 Å². The number of aliphatic hydroxyl groups excluding tert-OH is 1. The molecule has 0 unspecified atom stereocenters. The normalized spacial score (nSPS) is 8.42. The Labute approximate surface area is 128 Å². The van der Waals surface area contributed by atoms with Gasteiger partial charge in [0.2, 0.25) is 0 Å². The van der Waals surface area contributed by atoms with Gasteiger partial charge in [0.15, 0.2) is 0 Å². The van der Waals surface area contributed by atoms with Crippen LogP contribution < -0.4 is 0 Å². The maximum atomic E-state index is 8.32. The van der Waals surface area contributed by atoms with E-state index in [4.69, 9.17) is 5.11 Å². The molecule has 0 aromatic carbocycles. The lowest BCUT2D eigenvalue weighted by Gasteiger charge is -1.98. The van der Waals surface area contributed by atoms with Crippen LogP contribution in [0.3, 0.4) is 0 Å². The molecule has 0 aliphatic rings. The van der Waals surface area contributed by atoms with E-state index in [-0.39, 0.29) is 0 Å². The Bertz CT molecular complexity index is 101.